The molecule has 6 aromatic rings. The van der Waals surface area contributed by atoms with E-state index in [0.717, 1.165) is 44.8 Å². The van der Waals surface area contributed by atoms with Gasteiger partial charge in [0.05, 0.1) is 0 Å². The van der Waals surface area contributed by atoms with Gasteiger partial charge in [0.2, 0.25) is 0 Å². The minimum absolute atomic E-state index is 0.245. The number of halogens is 8. The van der Waals surface area contributed by atoms with Crippen LogP contribution in [0.4, 0.5) is 26.3 Å². The SMILES string of the molecule is C[SiH](C)[Zr]([Cl])([Cl])([CH]1C(C(F)(F)F)=Cc2c(-c3cccc4ccccc34)cccc21)[CH]1C(C(F)(F)F)=Cc2c(-c3cccc4ccccc34)cccc21. The Labute approximate surface area is 306 Å². The van der Waals surface area contributed by atoms with Crippen LogP contribution in [0.3, 0.4) is 0 Å². The van der Waals surface area contributed by atoms with Crippen LogP contribution >= 0.6 is 17.0 Å². The average molecular weight is 840 g/mol. The number of fused-ring (bicyclic) bond motifs is 4. The zero-order valence-electron chi connectivity index (χ0n) is 28.0. The van der Waals surface area contributed by atoms with Crippen molar-refractivity contribution in [3.63, 3.8) is 0 Å². The van der Waals surface area contributed by atoms with Crippen molar-refractivity contribution in [1.82, 2.24) is 0 Å². The van der Waals surface area contributed by atoms with Crippen molar-refractivity contribution >= 4 is 56.6 Å². The normalized spacial score (nSPS) is 18.2. The molecule has 0 aromatic heterocycles. The van der Waals surface area contributed by atoms with Crippen molar-refractivity contribution in [2.75, 3.05) is 0 Å². The molecule has 52 heavy (non-hydrogen) atoms. The van der Waals surface area contributed by atoms with E-state index in [0.29, 0.717) is 22.3 Å². The quantitative estimate of drug-likeness (QED) is 0.120. The summed E-state index contributed by atoms with van der Waals surface area (Å²) in [6.07, 6.45) is -7.61. The first-order valence-electron chi connectivity index (χ1n) is 17.0. The van der Waals surface area contributed by atoms with E-state index in [1.54, 1.807) is 49.5 Å². The first-order chi connectivity index (χ1) is 24.6. The molecule has 263 valence electrons. The second kappa shape index (κ2) is 12.3. The number of alkyl halides is 6. The van der Waals surface area contributed by atoms with Crippen LogP contribution in [0.5, 0.6) is 0 Å². The fourth-order valence-corrected chi connectivity index (χ4v) is 38.8. The van der Waals surface area contributed by atoms with Crippen molar-refractivity contribution in [1.29, 1.82) is 0 Å². The first-order valence-corrected chi connectivity index (χ1v) is 33.3. The molecule has 0 heterocycles. The summed E-state index contributed by atoms with van der Waals surface area (Å²) < 4.78 is 89.8. The van der Waals surface area contributed by atoms with Crippen LogP contribution < -0.4 is 0 Å². The molecule has 0 N–H and O–H groups in total. The van der Waals surface area contributed by atoms with Crippen molar-refractivity contribution < 1.29 is 41.9 Å². The van der Waals surface area contributed by atoms with E-state index in [1.807, 2.05) is 84.9 Å². The Morgan fingerprint density at radius 2 is 0.827 bits per heavy atom. The predicted molar refractivity (Wildman–Crippen MR) is 203 cm³/mol. The molecule has 0 bridgehead atoms. The molecule has 0 fully saturated rings. The molecule has 0 saturated heterocycles. The standard InChI is InChI=1S/2C20H12F3.C2H7Si.2ClH.Zr/c2*21-20(22,23)15-11-14-7-4-10-18(19(14)12-15)17-9-3-6-13-5-1-2-8-16(13)17;1-3-2;;;/h2*1-12H;3H,1-2H3;2*1H;/q;;;;;+2/p-2. The molecule has 0 saturated carbocycles. The molecule has 10 heteroatoms. The monoisotopic (exact) mass is 837 g/mol. The number of benzene rings is 6. The van der Waals surface area contributed by atoms with E-state index in [9.17, 15) is 0 Å². The first kappa shape index (κ1) is 35.6. The topological polar surface area (TPSA) is 0 Å². The fourth-order valence-electron chi connectivity index (χ4n) is 8.71. The molecule has 2 atom stereocenters. The van der Waals surface area contributed by atoms with Gasteiger partial charge in [-0.3, -0.25) is 0 Å². The fraction of sp³-hybridized carbons (Fsp3) is 0.143. The van der Waals surface area contributed by atoms with Gasteiger partial charge in [-0.05, 0) is 0 Å². The summed E-state index contributed by atoms with van der Waals surface area (Å²) in [7, 11) is 15.9. The summed E-state index contributed by atoms with van der Waals surface area (Å²) in [4.78, 5) is 0. The summed E-state index contributed by atoms with van der Waals surface area (Å²) >= 11 is -6.52. The predicted octanol–water partition coefficient (Wildman–Crippen LogP) is 14.0. The third kappa shape index (κ3) is 5.34. The van der Waals surface area contributed by atoms with E-state index in [2.05, 4.69) is 0 Å². The van der Waals surface area contributed by atoms with Gasteiger partial charge in [0.15, 0.2) is 0 Å². The Hall–Kier alpha value is -3.42. The molecule has 6 aromatic carbocycles. The average Bonchev–Trinajstić information content (AvgIpc) is 3.73. The molecular formula is C42H31Cl2F6SiZr. The zero-order valence-corrected chi connectivity index (χ0v) is 33.1. The van der Waals surface area contributed by atoms with E-state index >= 15 is 26.3 Å². The molecule has 2 unspecified atom stereocenters. The van der Waals surface area contributed by atoms with Crippen molar-refractivity contribution in [3.05, 3.63) is 155 Å². The van der Waals surface area contributed by atoms with Gasteiger partial charge in [-0.25, -0.2) is 0 Å². The Balaban J connectivity index is 1.41. The number of rotatable bonds is 5. The van der Waals surface area contributed by atoms with Gasteiger partial charge in [-0.2, -0.15) is 0 Å². The maximum atomic E-state index is 15.5. The number of allylic oxidation sites excluding steroid dienone is 2. The zero-order chi connectivity index (χ0) is 36.8. The summed E-state index contributed by atoms with van der Waals surface area (Å²) in [5.74, 6) is -2.76. The maximum absolute atomic E-state index is 15.5. The Morgan fingerprint density at radius 3 is 1.21 bits per heavy atom. The summed E-state index contributed by atoms with van der Waals surface area (Å²) in [5, 5.41) is 3.50. The Morgan fingerprint density at radius 1 is 0.481 bits per heavy atom. The van der Waals surface area contributed by atoms with Crippen LogP contribution in [0.25, 0.3) is 56.0 Å². The summed E-state index contributed by atoms with van der Waals surface area (Å²) in [5.41, 5.74) is 1.69. The Kier molecular flexibility index (Phi) is 8.43. The van der Waals surface area contributed by atoms with Crippen molar-refractivity contribution in [3.8, 4) is 22.3 Å². The molecule has 2 aliphatic carbocycles. The molecule has 0 nitrogen and oxygen atoms in total. The molecular weight excluding hydrogens is 809 g/mol. The van der Waals surface area contributed by atoms with Crippen LogP contribution in [-0.2, 0) is 15.6 Å². The second-order valence-corrected chi connectivity index (χ2v) is 56.6. The van der Waals surface area contributed by atoms with E-state index in [1.165, 1.54) is 0 Å². The summed E-state index contributed by atoms with van der Waals surface area (Å²) in [6, 6.07) is 36.4. The molecule has 0 spiro atoms. The van der Waals surface area contributed by atoms with E-state index < -0.39 is 52.2 Å². The van der Waals surface area contributed by atoms with Gasteiger partial charge in [-0.1, -0.05) is 0 Å². The minimum atomic E-state index is -6.52. The Bertz CT molecular complexity index is 2320. The number of hydrogen-bond acceptors (Lipinski definition) is 0. The van der Waals surface area contributed by atoms with Crippen LogP contribution in [0.1, 0.15) is 29.5 Å². The van der Waals surface area contributed by atoms with Gasteiger partial charge in [0.25, 0.3) is 0 Å². The third-order valence-electron chi connectivity index (χ3n) is 11.1. The number of hydrogen-bond donors (Lipinski definition) is 0. The van der Waals surface area contributed by atoms with Crippen molar-refractivity contribution in [2.24, 2.45) is 0 Å². The van der Waals surface area contributed by atoms with E-state index in [4.69, 9.17) is 17.0 Å². The van der Waals surface area contributed by atoms with Gasteiger partial charge < -0.3 is 0 Å². The van der Waals surface area contributed by atoms with Crippen LogP contribution in [0.15, 0.2) is 132 Å². The molecule has 0 amide bonds. The molecule has 8 rings (SSSR count). The van der Waals surface area contributed by atoms with Gasteiger partial charge in [0, 0.05) is 0 Å². The third-order valence-corrected chi connectivity index (χ3v) is 62.7. The van der Waals surface area contributed by atoms with Crippen molar-refractivity contribution in [2.45, 2.75) is 32.7 Å². The van der Waals surface area contributed by atoms with Gasteiger partial charge in [0.1, 0.15) is 0 Å². The van der Waals surface area contributed by atoms with Crippen LogP contribution in [0, 0.1) is 0 Å². The summed E-state index contributed by atoms with van der Waals surface area (Å²) in [6.45, 7) is 3.46. The molecule has 0 aliphatic heterocycles. The second-order valence-electron chi connectivity index (χ2n) is 14.1. The molecule has 2 aliphatic rings. The van der Waals surface area contributed by atoms with Crippen LogP contribution in [-0.4, -0.2) is 18.3 Å². The van der Waals surface area contributed by atoms with Gasteiger partial charge in [-0.15, -0.1) is 0 Å². The van der Waals surface area contributed by atoms with E-state index in [-0.39, 0.29) is 11.1 Å². The van der Waals surface area contributed by atoms with Gasteiger partial charge >= 0.3 is 308 Å². The van der Waals surface area contributed by atoms with Crippen LogP contribution in [0.2, 0.25) is 13.1 Å². The molecule has 0 radical (unpaired) electrons.